The fraction of sp³-hybridized carbons (Fsp3) is 0.111. The fourth-order valence-electron chi connectivity index (χ4n) is 2.16. The fourth-order valence-corrected chi connectivity index (χ4v) is 3.33. The number of hydrogen-bond acceptors (Lipinski definition) is 4. The zero-order valence-electron chi connectivity index (χ0n) is 12.9. The summed E-state index contributed by atoms with van der Waals surface area (Å²) < 4.78 is 19.3. The van der Waals surface area contributed by atoms with E-state index in [1.165, 1.54) is 28.8 Å². The standard InChI is InChI=1S/C18H14FNO2S2/c1-20-17(21)16(24-18(20)23)10-13-4-2-3-5-15(13)22-11-12-6-8-14(19)9-7-12/h2-10H,11H2,1H3. The van der Waals surface area contributed by atoms with E-state index in [4.69, 9.17) is 17.0 Å². The van der Waals surface area contributed by atoms with Crippen LogP contribution in [0.1, 0.15) is 11.1 Å². The molecule has 0 radical (unpaired) electrons. The Balaban J connectivity index is 1.79. The van der Waals surface area contributed by atoms with Gasteiger partial charge in [0.05, 0.1) is 4.91 Å². The van der Waals surface area contributed by atoms with E-state index in [1.54, 1.807) is 25.3 Å². The number of carbonyl (C=O) groups is 1. The molecular weight excluding hydrogens is 345 g/mol. The maximum absolute atomic E-state index is 12.9. The lowest BCUT2D eigenvalue weighted by molar-refractivity contribution is -0.121. The first-order chi connectivity index (χ1) is 11.5. The van der Waals surface area contributed by atoms with Crippen LogP contribution in [0.15, 0.2) is 53.4 Å². The first kappa shape index (κ1) is 16.7. The molecule has 3 nitrogen and oxygen atoms in total. The van der Waals surface area contributed by atoms with Gasteiger partial charge < -0.3 is 4.74 Å². The molecule has 0 bridgehead atoms. The topological polar surface area (TPSA) is 29.5 Å². The van der Waals surface area contributed by atoms with Gasteiger partial charge in [0, 0.05) is 12.6 Å². The molecule has 0 aromatic heterocycles. The maximum atomic E-state index is 12.9. The molecule has 0 atom stereocenters. The van der Waals surface area contributed by atoms with Gasteiger partial charge in [-0.15, -0.1) is 0 Å². The van der Waals surface area contributed by atoms with Crippen molar-refractivity contribution in [2.24, 2.45) is 0 Å². The lowest BCUT2D eigenvalue weighted by Crippen LogP contribution is -2.22. The monoisotopic (exact) mass is 359 g/mol. The van der Waals surface area contributed by atoms with E-state index in [9.17, 15) is 9.18 Å². The molecule has 0 N–H and O–H groups in total. The molecule has 1 aliphatic rings. The third-order valence-corrected chi connectivity index (χ3v) is 4.98. The number of ether oxygens (including phenoxy) is 1. The molecule has 0 aliphatic carbocycles. The highest BCUT2D eigenvalue weighted by molar-refractivity contribution is 8.26. The van der Waals surface area contributed by atoms with E-state index in [0.29, 0.717) is 21.6 Å². The predicted molar refractivity (Wildman–Crippen MR) is 98.1 cm³/mol. The summed E-state index contributed by atoms with van der Waals surface area (Å²) in [6.45, 7) is 0.319. The average molecular weight is 359 g/mol. The van der Waals surface area contributed by atoms with Gasteiger partial charge in [-0.3, -0.25) is 9.69 Å². The van der Waals surface area contributed by atoms with Crippen molar-refractivity contribution in [2.45, 2.75) is 6.61 Å². The van der Waals surface area contributed by atoms with Gasteiger partial charge in [-0.2, -0.15) is 0 Å². The van der Waals surface area contributed by atoms with Gasteiger partial charge in [-0.25, -0.2) is 4.39 Å². The minimum Gasteiger partial charge on any atom is -0.488 e. The molecule has 0 spiro atoms. The smallest absolute Gasteiger partial charge is 0.265 e. The van der Waals surface area contributed by atoms with Gasteiger partial charge in [0.15, 0.2) is 0 Å². The van der Waals surface area contributed by atoms with Crippen molar-refractivity contribution in [3.63, 3.8) is 0 Å². The Labute approximate surface area is 149 Å². The number of thioether (sulfide) groups is 1. The Bertz CT molecular complexity index is 818. The second-order valence-electron chi connectivity index (χ2n) is 5.19. The molecule has 1 amide bonds. The van der Waals surface area contributed by atoms with Crippen LogP contribution < -0.4 is 4.74 Å². The van der Waals surface area contributed by atoms with Crippen LogP contribution in [0.5, 0.6) is 5.75 Å². The Morgan fingerprint density at radius 2 is 1.92 bits per heavy atom. The summed E-state index contributed by atoms with van der Waals surface area (Å²) >= 11 is 6.41. The van der Waals surface area contributed by atoms with Crippen molar-refractivity contribution in [3.05, 3.63) is 70.4 Å². The van der Waals surface area contributed by atoms with Crippen LogP contribution in [0.4, 0.5) is 4.39 Å². The molecule has 3 rings (SSSR count). The molecule has 1 saturated heterocycles. The highest BCUT2D eigenvalue weighted by atomic mass is 32.2. The van der Waals surface area contributed by atoms with E-state index < -0.39 is 0 Å². The molecule has 0 unspecified atom stereocenters. The summed E-state index contributed by atoms with van der Waals surface area (Å²) in [5.74, 6) is 0.266. The summed E-state index contributed by atoms with van der Waals surface area (Å²) in [4.78, 5) is 14.1. The third-order valence-electron chi connectivity index (χ3n) is 3.50. The van der Waals surface area contributed by atoms with Gasteiger partial charge in [-0.1, -0.05) is 54.3 Å². The molecule has 2 aromatic carbocycles. The highest BCUT2D eigenvalue weighted by Crippen LogP contribution is 2.33. The molecule has 122 valence electrons. The van der Waals surface area contributed by atoms with Crippen LogP contribution >= 0.6 is 24.0 Å². The molecule has 1 aliphatic heterocycles. The number of thiocarbonyl (C=S) groups is 1. The molecular formula is C18H14FNO2S2. The highest BCUT2D eigenvalue weighted by Gasteiger charge is 2.28. The molecule has 1 fully saturated rings. The lowest BCUT2D eigenvalue weighted by atomic mass is 10.1. The summed E-state index contributed by atoms with van der Waals surface area (Å²) in [7, 11) is 1.66. The Kier molecular flexibility index (Phi) is 4.97. The second-order valence-corrected chi connectivity index (χ2v) is 6.87. The van der Waals surface area contributed by atoms with E-state index in [1.807, 2.05) is 24.3 Å². The lowest BCUT2D eigenvalue weighted by Gasteiger charge is -2.10. The van der Waals surface area contributed by atoms with Crippen molar-refractivity contribution in [1.82, 2.24) is 4.90 Å². The number of benzene rings is 2. The Hall–Kier alpha value is -2.18. The Morgan fingerprint density at radius 1 is 1.21 bits per heavy atom. The van der Waals surface area contributed by atoms with Crippen LogP contribution in [0.3, 0.4) is 0 Å². The van der Waals surface area contributed by atoms with Gasteiger partial charge in [0.2, 0.25) is 0 Å². The normalized spacial score (nSPS) is 16.1. The van der Waals surface area contributed by atoms with Crippen molar-refractivity contribution >= 4 is 40.3 Å². The Morgan fingerprint density at radius 3 is 2.58 bits per heavy atom. The molecule has 1 heterocycles. The minimum absolute atomic E-state index is 0.113. The number of hydrogen-bond donors (Lipinski definition) is 0. The van der Waals surface area contributed by atoms with Crippen molar-refractivity contribution in [2.75, 3.05) is 7.05 Å². The van der Waals surface area contributed by atoms with Crippen LogP contribution in [0.25, 0.3) is 6.08 Å². The van der Waals surface area contributed by atoms with Crippen molar-refractivity contribution in [3.8, 4) is 5.75 Å². The van der Waals surface area contributed by atoms with Gasteiger partial charge in [0.1, 0.15) is 22.5 Å². The van der Waals surface area contributed by atoms with Crippen LogP contribution in [-0.4, -0.2) is 22.2 Å². The first-order valence-electron chi connectivity index (χ1n) is 7.22. The number of amides is 1. The summed E-state index contributed by atoms with van der Waals surface area (Å²) in [5, 5.41) is 0. The first-order valence-corrected chi connectivity index (χ1v) is 8.45. The molecule has 6 heteroatoms. The minimum atomic E-state index is -0.277. The van der Waals surface area contributed by atoms with Crippen LogP contribution in [-0.2, 0) is 11.4 Å². The number of likely N-dealkylation sites (N-methyl/N-ethyl adjacent to an activating group) is 1. The van der Waals surface area contributed by atoms with Crippen LogP contribution in [0.2, 0.25) is 0 Å². The summed E-state index contributed by atoms with van der Waals surface area (Å²) in [6.07, 6.45) is 1.78. The second kappa shape index (κ2) is 7.15. The number of para-hydroxylation sites is 1. The van der Waals surface area contributed by atoms with Gasteiger partial charge >= 0.3 is 0 Å². The van der Waals surface area contributed by atoms with E-state index in [2.05, 4.69) is 0 Å². The van der Waals surface area contributed by atoms with E-state index in [-0.39, 0.29) is 11.7 Å². The third kappa shape index (κ3) is 3.66. The number of rotatable bonds is 4. The average Bonchev–Trinajstić information content (AvgIpc) is 2.82. The quantitative estimate of drug-likeness (QED) is 0.603. The molecule has 2 aromatic rings. The number of carbonyl (C=O) groups excluding carboxylic acids is 1. The SMILES string of the molecule is CN1C(=O)C(=Cc2ccccc2OCc2ccc(F)cc2)SC1=S. The van der Waals surface area contributed by atoms with E-state index >= 15 is 0 Å². The zero-order valence-corrected chi connectivity index (χ0v) is 14.5. The van der Waals surface area contributed by atoms with Crippen molar-refractivity contribution < 1.29 is 13.9 Å². The number of halogens is 1. The van der Waals surface area contributed by atoms with Gasteiger partial charge in [-0.05, 0) is 29.8 Å². The number of nitrogens with zero attached hydrogens (tertiary/aromatic N) is 1. The van der Waals surface area contributed by atoms with Gasteiger partial charge in [0.25, 0.3) is 5.91 Å². The predicted octanol–water partition coefficient (Wildman–Crippen LogP) is 4.24. The summed E-state index contributed by atoms with van der Waals surface area (Å²) in [5.41, 5.74) is 1.67. The van der Waals surface area contributed by atoms with Crippen LogP contribution in [0, 0.1) is 5.82 Å². The zero-order chi connectivity index (χ0) is 17.1. The summed E-state index contributed by atoms with van der Waals surface area (Å²) in [6, 6.07) is 13.6. The largest absolute Gasteiger partial charge is 0.488 e. The van der Waals surface area contributed by atoms with E-state index in [0.717, 1.165) is 11.1 Å². The molecule has 0 saturated carbocycles. The van der Waals surface area contributed by atoms with Crippen molar-refractivity contribution in [1.29, 1.82) is 0 Å². The maximum Gasteiger partial charge on any atom is 0.265 e. The molecule has 24 heavy (non-hydrogen) atoms.